The van der Waals surface area contributed by atoms with E-state index in [9.17, 15) is 0 Å². The number of hydrogen-bond donors (Lipinski definition) is 3. The van der Waals surface area contributed by atoms with Gasteiger partial charge in [0.25, 0.3) is 0 Å². The average Bonchev–Trinajstić information content (AvgIpc) is 2.80. The van der Waals surface area contributed by atoms with Crippen molar-refractivity contribution >= 4 is 5.96 Å². The molecule has 6 heteroatoms. The molecule has 1 aliphatic heterocycles. The fourth-order valence-electron chi connectivity index (χ4n) is 1.48. The lowest BCUT2D eigenvalue weighted by Gasteiger charge is -2.13. The first-order valence-electron chi connectivity index (χ1n) is 5.80. The summed E-state index contributed by atoms with van der Waals surface area (Å²) < 4.78 is 10.5. The van der Waals surface area contributed by atoms with Crippen LogP contribution >= 0.6 is 0 Å². The lowest BCUT2D eigenvalue weighted by molar-refractivity contribution is 0.146. The topological polar surface area (TPSA) is 80.9 Å². The molecule has 1 atom stereocenters. The number of rotatable bonds is 6. The Kier molecular flexibility index (Phi) is 6.87. The Morgan fingerprint density at radius 1 is 1.62 bits per heavy atom. The van der Waals surface area contributed by atoms with Gasteiger partial charge in [0, 0.05) is 26.4 Å². The van der Waals surface area contributed by atoms with E-state index in [1.54, 1.807) is 0 Å². The maximum absolute atomic E-state index is 5.38. The number of ether oxygens (including phenoxy) is 2. The van der Waals surface area contributed by atoms with Gasteiger partial charge in [-0.2, -0.15) is 0 Å². The van der Waals surface area contributed by atoms with Crippen LogP contribution < -0.4 is 16.6 Å². The van der Waals surface area contributed by atoms with Crippen LogP contribution in [0.5, 0.6) is 0 Å². The van der Waals surface area contributed by atoms with E-state index in [-0.39, 0.29) is 0 Å². The van der Waals surface area contributed by atoms with Gasteiger partial charge in [-0.1, -0.05) is 0 Å². The van der Waals surface area contributed by atoms with E-state index < -0.39 is 0 Å². The first-order valence-corrected chi connectivity index (χ1v) is 5.80. The van der Waals surface area contributed by atoms with Gasteiger partial charge in [-0.05, 0) is 19.8 Å². The summed E-state index contributed by atoms with van der Waals surface area (Å²) in [6.07, 6.45) is 1.90. The molecular weight excluding hydrogens is 208 g/mol. The van der Waals surface area contributed by atoms with Crippen LogP contribution in [0.25, 0.3) is 0 Å². The summed E-state index contributed by atoms with van der Waals surface area (Å²) in [4.78, 5) is 4.31. The van der Waals surface area contributed by atoms with Crippen LogP contribution in [0.4, 0.5) is 0 Å². The normalized spacial score (nSPS) is 21.1. The Bertz CT molecular complexity index is 205. The zero-order chi connectivity index (χ0) is 11.6. The number of nitrogens with two attached hydrogens (primary N) is 1. The molecule has 0 aromatic carbocycles. The molecule has 16 heavy (non-hydrogen) atoms. The van der Waals surface area contributed by atoms with Gasteiger partial charge in [-0.15, -0.1) is 0 Å². The van der Waals surface area contributed by atoms with Crippen LogP contribution in [0, 0.1) is 0 Å². The van der Waals surface area contributed by atoms with Gasteiger partial charge in [0.2, 0.25) is 5.96 Å². The Labute approximate surface area is 96.6 Å². The summed E-state index contributed by atoms with van der Waals surface area (Å²) >= 11 is 0. The number of guanidine groups is 1. The third-order valence-corrected chi connectivity index (χ3v) is 2.33. The van der Waals surface area contributed by atoms with Crippen LogP contribution in [0.3, 0.4) is 0 Å². The molecule has 1 unspecified atom stereocenters. The molecule has 0 spiro atoms. The van der Waals surface area contributed by atoms with E-state index in [1.165, 1.54) is 0 Å². The van der Waals surface area contributed by atoms with Crippen molar-refractivity contribution in [2.75, 3.05) is 33.0 Å². The summed E-state index contributed by atoms with van der Waals surface area (Å²) in [5, 5.41) is 3.20. The fraction of sp³-hybridized carbons (Fsp3) is 0.900. The third kappa shape index (κ3) is 5.29. The highest BCUT2D eigenvalue weighted by molar-refractivity contribution is 5.79. The van der Waals surface area contributed by atoms with Crippen LogP contribution in [0.2, 0.25) is 0 Å². The number of nitrogens with one attached hydrogen (secondary N) is 2. The van der Waals surface area contributed by atoms with Gasteiger partial charge < -0.3 is 14.8 Å². The molecule has 0 bridgehead atoms. The molecule has 0 aromatic heterocycles. The standard InChI is InChI=1S/C10H22N4O2/c1-2-15-6-3-5-12-10(14-11)13-9-4-7-16-8-9/h9H,2-8,11H2,1H3,(H2,12,13,14). The van der Waals surface area contributed by atoms with Crippen LogP contribution in [-0.2, 0) is 9.47 Å². The molecule has 6 nitrogen and oxygen atoms in total. The number of nitrogens with zero attached hydrogens (tertiary/aromatic N) is 1. The maximum Gasteiger partial charge on any atom is 0.206 e. The van der Waals surface area contributed by atoms with Crippen molar-refractivity contribution in [2.24, 2.45) is 10.8 Å². The summed E-state index contributed by atoms with van der Waals surface area (Å²) in [5.41, 5.74) is 2.56. The van der Waals surface area contributed by atoms with E-state index in [4.69, 9.17) is 15.3 Å². The van der Waals surface area contributed by atoms with Crippen molar-refractivity contribution in [3.05, 3.63) is 0 Å². The second-order valence-electron chi connectivity index (χ2n) is 3.63. The van der Waals surface area contributed by atoms with Crippen molar-refractivity contribution < 1.29 is 9.47 Å². The van der Waals surface area contributed by atoms with E-state index in [0.29, 0.717) is 18.5 Å². The molecular formula is C10H22N4O2. The number of aliphatic imine (C=N–C) groups is 1. The Morgan fingerprint density at radius 2 is 2.50 bits per heavy atom. The smallest absolute Gasteiger partial charge is 0.206 e. The maximum atomic E-state index is 5.38. The molecule has 0 radical (unpaired) electrons. The molecule has 0 aromatic rings. The van der Waals surface area contributed by atoms with Crippen LogP contribution in [0.1, 0.15) is 19.8 Å². The van der Waals surface area contributed by atoms with Crippen LogP contribution in [0.15, 0.2) is 4.99 Å². The van der Waals surface area contributed by atoms with Crippen molar-refractivity contribution in [3.63, 3.8) is 0 Å². The molecule has 0 aliphatic carbocycles. The lowest BCUT2D eigenvalue weighted by atomic mass is 10.3. The van der Waals surface area contributed by atoms with Gasteiger partial charge in [-0.3, -0.25) is 10.4 Å². The zero-order valence-electron chi connectivity index (χ0n) is 9.87. The first-order chi connectivity index (χ1) is 7.86. The van der Waals surface area contributed by atoms with Crippen molar-refractivity contribution in [3.8, 4) is 0 Å². The number of hydrazine groups is 1. The molecule has 4 N–H and O–H groups in total. The predicted octanol–water partition coefficient (Wildman–Crippen LogP) is -0.389. The second kappa shape index (κ2) is 8.32. The molecule has 1 rings (SSSR count). The van der Waals surface area contributed by atoms with E-state index in [0.717, 1.165) is 39.3 Å². The highest BCUT2D eigenvalue weighted by Crippen LogP contribution is 2.02. The average molecular weight is 230 g/mol. The molecule has 1 heterocycles. The summed E-state index contributed by atoms with van der Waals surface area (Å²) in [6.45, 7) is 5.71. The zero-order valence-corrected chi connectivity index (χ0v) is 9.87. The SMILES string of the molecule is CCOCCCN=C(NN)NC1CCOC1. The fourth-order valence-corrected chi connectivity index (χ4v) is 1.48. The monoisotopic (exact) mass is 230 g/mol. The summed E-state index contributed by atoms with van der Waals surface area (Å²) in [7, 11) is 0. The van der Waals surface area contributed by atoms with E-state index in [1.807, 2.05) is 6.92 Å². The van der Waals surface area contributed by atoms with Gasteiger partial charge in [-0.25, -0.2) is 5.84 Å². The quantitative estimate of drug-likeness (QED) is 0.190. The molecule has 1 saturated heterocycles. The minimum absolute atomic E-state index is 0.321. The first kappa shape index (κ1) is 13.2. The highest BCUT2D eigenvalue weighted by Gasteiger charge is 2.15. The molecule has 1 aliphatic rings. The lowest BCUT2D eigenvalue weighted by Crippen LogP contribution is -2.46. The molecule has 94 valence electrons. The summed E-state index contributed by atoms with van der Waals surface area (Å²) in [5.74, 6) is 6.01. The van der Waals surface area contributed by atoms with Gasteiger partial charge in [0.05, 0.1) is 12.6 Å². The Hall–Kier alpha value is -0.850. The minimum Gasteiger partial charge on any atom is -0.382 e. The van der Waals surface area contributed by atoms with E-state index in [2.05, 4.69) is 15.7 Å². The van der Waals surface area contributed by atoms with Gasteiger partial charge >= 0.3 is 0 Å². The number of hydrogen-bond acceptors (Lipinski definition) is 4. The molecule has 1 fully saturated rings. The highest BCUT2D eigenvalue weighted by atomic mass is 16.5. The van der Waals surface area contributed by atoms with Gasteiger partial charge in [0.1, 0.15) is 0 Å². The van der Waals surface area contributed by atoms with E-state index >= 15 is 0 Å². The molecule has 0 amide bonds. The van der Waals surface area contributed by atoms with Crippen LogP contribution in [-0.4, -0.2) is 45.0 Å². The Balaban J connectivity index is 2.15. The largest absolute Gasteiger partial charge is 0.382 e. The van der Waals surface area contributed by atoms with Crippen molar-refractivity contribution in [1.29, 1.82) is 0 Å². The van der Waals surface area contributed by atoms with Crippen molar-refractivity contribution in [2.45, 2.75) is 25.8 Å². The second-order valence-corrected chi connectivity index (χ2v) is 3.63. The van der Waals surface area contributed by atoms with Gasteiger partial charge in [0.15, 0.2) is 0 Å². The summed E-state index contributed by atoms with van der Waals surface area (Å²) in [6, 6.07) is 0.321. The molecule has 0 saturated carbocycles. The minimum atomic E-state index is 0.321. The Morgan fingerprint density at radius 3 is 3.12 bits per heavy atom. The third-order valence-electron chi connectivity index (χ3n) is 2.33. The predicted molar refractivity (Wildman–Crippen MR) is 63.1 cm³/mol. The van der Waals surface area contributed by atoms with Crippen molar-refractivity contribution in [1.82, 2.24) is 10.7 Å².